The fourth-order valence-electron chi connectivity index (χ4n) is 3.51. The first-order chi connectivity index (χ1) is 12.9. The van der Waals surface area contributed by atoms with Crippen molar-refractivity contribution in [3.8, 4) is 5.88 Å². The molecule has 0 aromatic carbocycles. The van der Waals surface area contributed by atoms with Crippen LogP contribution < -0.4 is 15.4 Å². The Hall–Kier alpha value is -1.65. The largest absolute Gasteiger partial charge is 0.475 e. The molecule has 2 aliphatic rings. The van der Waals surface area contributed by atoms with Gasteiger partial charge in [-0.3, -0.25) is 0 Å². The fourth-order valence-corrected chi connectivity index (χ4v) is 5.23. The zero-order valence-corrected chi connectivity index (χ0v) is 17.0. The van der Waals surface area contributed by atoms with Gasteiger partial charge in [0.2, 0.25) is 11.8 Å². The van der Waals surface area contributed by atoms with Crippen LogP contribution in [0.5, 0.6) is 5.88 Å². The SMILES string of the molecule is CC(C)Oc1cc(N2CCCN(S(=O)(=O)N3CCCCC3)CC2)nc(N)n1. The second kappa shape index (κ2) is 8.57. The molecule has 152 valence electrons. The van der Waals surface area contributed by atoms with E-state index in [4.69, 9.17) is 10.5 Å². The molecule has 27 heavy (non-hydrogen) atoms. The summed E-state index contributed by atoms with van der Waals surface area (Å²) < 4.78 is 34.7. The number of piperidine rings is 1. The summed E-state index contributed by atoms with van der Waals surface area (Å²) in [6.07, 6.45) is 3.71. The van der Waals surface area contributed by atoms with Crippen molar-refractivity contribution in [2.24, 2.45) is 0 Å². The maximum atomic E-state index is 12.9. The maximum Gasteiger partial charge on any atom is 0.282 e. The number of anilines is 2. The average molecular weight is 399 g/mol. The minimum Gasteiger partial charge on any atom is -0.475 e. The van der Waals surface area contributed by atoms with Crippen molar-refractivity contribution in [2.45, 2.75) is 45.6 Å². The maximum absolute atomic E-state index is 12.9. The van der Waals surface area contributed by atoms with E-state index in [9.17, 15) is 8.42 Å². The standard InChI is InChI=1S/C17H30N6O3S/c1-14(2)26-16-13-15(19-17(18)20-16)21-7-6-10-23(12-11-21)27(24,25)22-8-4-3-5-9-22/h13-14H,3-12H2,1-2H3,(H2,18,19,20). The summed E-state index contributed by atoms with van der Waals surface area (Å²) in [5, 5.41) is 0. The van der Waals surface area contributed by atoms with Gasteiger partial charge in [-0.1, -0.05) is 6.42 Å². The van der Waals surface area contributed by atoms with Crippen molar-refractivity contribution in [2.75, 3.05) is 49.9 Å². The fraction of sp³-hybridized carbons (Fsp3) is 0.765. The Labute approximate surface area is 161 Å². The van der Waals surface area contributed by atoms with Gasteiger partial charge < -0.3 is 15.4 Å². The molecule has 2 aliphatic heterocycles. The quantitative estimate of drug-likeness (QED) is 0.791. The van der Waals surface area contributed by atoms with Gasteiger partial charge in [0.1, 0.15) is 5.82 Å². The lowest BCUT2D eigenvalue weighted by Crippen LogP contribution is -2.47. The lowest BCUT2D eigenvalue weighted by Gasteiger charge is -2.31. The van der Waals surface area contributed by atoms with Gasteiger partial charge in [0.05, 0.1) is 6.10 Å². The van der Waals surface area contributed by atoms with Crippen molar-refractivity contribution < 1.29 is 13.2 Å². The van der Waals surface area contributed by atoms with Crippen LogP contribution in [0, 0.1) is 0 Å². The van der Waals surface area contributed by atoms with Gasteiger partial charge in [0.15, 0.2) is 0 Å². The predicted octanol–water partition coefficient (Wildman–Crippen LogP) is 1.09. The molecule has 3 rings (SSSR count). The van der Waals surface area contributed by atoms with Crippen molar-refractivity contribution in [3.63, 3.8) is 0 Å². The molecule has 0 amide bonds. The van der Waals surface area contributed by atoms with Crippen molar-refractivity contribution in [1.29, 1.82) is 0 Å². The molecule has 0 atom stereocenters. The molecule has 1 aromatic rings. The lowest BCUT2D eigenvalue weighted by atomic mass is 10.2. The summed E-state index contributed by atoms with van der Waals surface area (Å²) in [4.78, 5) is 10.5. The van der Waals surface area contributed by atoms with E-state index in [1.165, 1.54) is 0 Å². The molecule has 0 bridgehead atoms. The zero-order valence-electron chi connectivity index (χ0n) is 16.2. The van der Waals surface area contributed by atoms with Gasteiger partial charge in [0.25, 0.3) is 10.2 Å². The second-order valence-corrected chi connectivity index (χ2v) is 9.22. The highest BCUT2D eigenvalue weighted by Crippen LogP contribution is 2.23. The molecule has 10 heteroatoms. The Morgan fingerprint density at radius 2 is 1.63 bits per heavy atom. The summed E-state index contributed by atoms with van der Waals surface area (Å²) in [7, 11) is -3.39. The molecule has 0 radical (unpaired) electrons. The third kappa shape index (κ3) is 4.99. The van der Waals surface area contributed by atoms with E-state index in [1.54, 1.807) is 14.7 Å². The van der Waals surface area contributed by atoms with Gasteiger partial charge >= 0.3 is 0 Å². The number of hydrogen-bond acceptors (Lipinski definition) is 7. The third-order valence-corrected chi connectivity index (χ3v) is 6.84. The number of rotatable bonds is 5. The van der Waals surface area contributed by atoms with Gasteiger partial charge in [-0.15, -0.1) is 0 Å². The molecule has 2 N–H and O–H groups in total. The van der Waals surface area contributed by atoms with Crippen LogP contribution in [0.1, 0.15) is 39.5 Å². The summed E-state index contributed by atoms with van der Waals surface area (Å²) in [6, 6.07) is 1.77. The second-order valence-electron chi connectivity index (χ2n) is 7.30. The Kier molecular flexibility index (Phi) is 6.38. The summed E-state index contributed by atoms with van der Waals surface area (Å²) >= 11 is 0. The van der Waals surface area contributed by atoms with E-state index in [-0.39, 0.29) is 12.1 Å². The normalized spacial score (nSPS) is 20.6. The molecule has 0 saturated carbocycles. The van der Waals surface area contributed by atoms with Gasteiger partial charge in [-0.05, 0) is 33.1 Å². The monoisotopic (exact) mass is 398 g/mol. The van der Waals surface area contributed by atoms with Crippen LogP contribution in [0.25, 0.3) is 0 Å². The number of aromatic nitrogens is 2. The van der Waals surface area contributed by atoms with Crippen LogP contribution in [0.2, 0.25) is 0 Å². The Bertz CT molecular complexity index is 736. The first kappa shape index (κ1) is 20.1. The van der Waals surface area contributed by atoms with Crippen LogP contribution in [0.4, 0.5) is 11.8 Å². The average Bonchev–Trinajstić information content (AvgIpc) is 2.88. The smallest absolute Gasteiger partial charge is 0.282 e. The van der Waals surface area contributed by atoms with E-state index in [0.717, 1.165) is 25.7 Å². The topological polar surface area (TPSA) is 105 Å². The van der Waals surface area contributed by atoms with Crippen LogP contribution in [-0.4, -0.2) is 72.4 Å². The van der Waals surface area contributed by atoms with Crippen LogP contribution in [0.3, 0.4) is 0 Å². The Balaban J connectivity index is 1.70. The number of hydrogen-bond donors (Lipinski definition) is 1. The molecule has 0 unspecified atom stereocenters. The number of nitrogens with zero attached hydrogens (tertiary/aromatic N) is 5. The minimum absolute atomic E-state index is 0.0125. The first-order valence-corrected chi connectivity index (χ1v) is 11.1. The van der Waals surface area contributed by atoms with Gasteiger partial charge in [-0.2, -0.15) is 27.0 Å². The lowest BCUT2D eigenvalue weighted by molar-refractivity contribution is 0.232. The minimum atomic E-state index is -3.39. The molecule has 1 aromatic heterocycles. The molecular weight excluding hydrogens is 368 g/mol. The predicted molar refractivity (Wildman–Crippen MR) is 105 cm³/mol. The summed E-state index contributed by atoms with van der Waals surface area (Å²) in [5.41, 5.74) is 5.83. The number of ether oxygens (including phenoxy) is 1. The highest BCUT2D eigenvalue weighted by atomic mass is 32.2. The molecule has 2 fully saturated rings. The molecular formula is C17H30N6O3S. The van der Waals surface area contributed by atoms with E-state index in [0.29, 0.717) is 51.0 Å². The summed E-state index contributed by atoms with van der Waals surface area (Å²) in [5.74, 6) is 1.27. The van der Waals surface area contributed by atoms with E-state index < -0.39 is 10.2 Å². The first-order valence-electron chi connectivity index (χ1n) is 9.67. The number of nitrogen functional groups attached to an aromatic ring is 1. The zero-order chi connectivity index (χ0) is 19.4. The molecule has 3 heterocycles. The van der Waals surface area contributed by atoms with Crippen molar-refractivity contribution >= 4 is 22.0 Å². The Morgan fingerprint density at radius 3 is 2.33 bits per heavy atom. The van der Waals surface area contributed by atoms with Crippen LogP contribution >= 0.6 is 0 Å². The van der Waals surface area contributed by atoms with E-state index in [2.05, 4.69) is 14.9 Å². The molecule has 0 spiro atoms. The van der Waals surface area contributed by atoms with E-state index >= 15 is 0 Å². The molecule has 9 nitrogen and oxygen atoms in total. The molecule has 2 saturated heterocycles. The number of nitrogens with two attached hydrogens (primary N) is 1. The van der Waals surface area contributed by atoms with Crippen LogP contribution in [0.15, 0.2) is 6.07 Å². The molecule has 0 aliphatic carbocycles. The third-order valence-electron chi connectivity index (χ3n) is 4.81. The van der Waals surface area contributed by atoms with Crippen molar-refractivity contribution in [1.82, 2.24) is 18.6 Å². The van der Waals surface area contributed by atoms with Gasteiger partial charge in [-0.25, -0.2) is 0 Å². The van der Waals surface area contributed by atoms with Gasteiger partial charge in [0, 0.05) is 45.3 Å². The Morgan fingerprint density at radius 1 is 0.963 bits per heavy atom. The highest BCUT2D eigenvalue weighted by molar-refractivity contribution is 7.86. The van der Waals surface area contributed by atoms with Crippen LogP contribution in [-0.2, 0) is 10.2 Å². The summed E-state index contributed by atoms with van der Waals surface area (Å²) in [6.45, 7) is 7.32. The van der Waals surface area contributed by atoms with E-state index in [1.807, 2.05) is 13.8 Å². The van der Waals surface area contributed by atoms with Crippen molar-refractivity contribution in [3.05, 3.63) is 6.07 Å². The highest BCUT2D eigenvalue weighted by Gasteiger charge is 2.32.